The van der Waals surface area contributed by atoms with E-state index in [1.807, 2.05) is 24.3 Å². The van der Waals surface area contributed by atoms with Crippen LogP contribution in [0, 0.1) is 0 Å². The Morgan fingerprint density at radius 1 is 1.15 bits per heavy atom. The maximum absolute atomic E-state index is 11.6. The molecule has 0 saturated heterocycles. The van der Waals surface area contributed by atoms with Crippen LogP contribution in [-0.4, -0.2) is 31.3 Å². The predicted molar refractivity (Wildman–Crippen MR) is 118 cm³/mol. The Kier molecular flexibility index (Phi) is 10.3. The van der Waals surface area contributed by atoms with Crippen LogP contribution in [0.1, 0.15) is 18.4 Å². The van der Waals surface area contributed by atoms with E-state index < -0.39 is 0 Å². The van der Waals surface area contributed by atoms with Crippen LogP contribution in [-0.2, 0) is 13.1 Å². The van der Waals surface area contributed by atoms with Gasteiger partial charge in [-0.25, -0.2) is 4.99 Å². The molecule has 0 aliphatic carbocycles. The molecule has 27 heavy (non-hydrogen) atoms. The highest BCUT2D eigenvalue weighted by molar-refractivity contribution is 14.0. The largest absolute Gasteiger partial charge is 0.493 e. The van der Waals surface area contributed by atoms with Crippen molar-refractivity contribution in [3.8, 4) is 11.5 Å². The summed E-state index contributed by atoms with van der Waals surface area (Å²) in [7, 11) is 3.20. The van der Waals surface area contributed by atoms with Gasteiger partial charge in [-0.3, -0.25) is 4.79 Å². The van der Waals surface area contributed by atoms with Gasteiger partial charge in [-0.05, 0) is 36.6 Å². The first-order valence-electron chi connectivity index (χ1n) is 8.54. The molecule has 3 N–H and O–H groups in total. The standard InChI is InChI=1S/C19H26N4O3.HI/c1-25-16-9-8-15(13-17(16)26-2)14-22-19(20)21-10-4-6-12-23-11-5-3-7-18(23)24;/h3,5,7-9,11,13H,4,6,10,12,14H2,1-2H3,(H3,20,21,22);1H. The van der Waals surface area contributed by atoms with Crippen LogP contribution < -0.4 is 26.1 Å². The normalized spacial score (nSPS) is 10.8. The molecule has 0 atom stereocenters. The fourth-order valence-corrected chi connectivity index (χ4v) is 2.48. The van der Waals surface area contributed by atoms with Crippen LogP contribution in [0.3, 0.4) is 0 Å². The molecule has 1 heterocycles. The van der Waals surface area contributed by atoms with E-state index in [1.165, 1.54) is 0 Å². The molecule has 2 aromatic rings. The number of aryl methyl sites for hydroxylation is 1. The van der Waals surface area contributed by atoms with Crippen molar-refractivity contribution in [3.63, 3.8) is 0 Å². The van der Waals surface area contributed by atoms with E-state index >= 15 is 0 Å². The summed E-state index contributed by atoms with van der Waals surface area (Å²) in [5, 5.41) is 3.09. The Morgan fingerprint density at radius 2 is 1.93 bits per heavy atom. The summed E-state index contributed by atoms with van der Waals surface area (Å²) in [5.74, 6) is 1.75. The van der Waals surface area contributed by atoms with Gasteiger partial charge in [0.05, 0.1) is 20.8 Å². The molecule has 7 nitrogen and oxygen atoms in total. The number of benzene rings is 1. The Labute approximate surface area is 176 Å². The zero-order valence-electron chi connectivity index (χ0n) is 15.7. The van der Waals surface area contributed by atoms with Gasteiger partial charge in [-0.15, -0.1) is 24.0 Å². The van der Waals surface area contributed by atoms with Gasteiger partial charge in [-0.2, -0.15) is 0 Å². The van der Waals surface area contributed by atoms with E-state index in [0.29, 0.717) is 37.1 Å². The molecule has 8 heteroatoms. The van der Waals surface area contributed by atoms with Gasteiger partial charge < -0.3 is 25.1 Å². The number of rotatable bonds is 9. The fraction of sp³-hybridized carbons (Fsp3) is 0.368. The van der Waals surface area contributed by atoms with Gasteiger partial charge >= 0.3 is 0 Å². The molecule has 0 aliphatic rings. The number of hydrogen-bond acceptors (Lipinski definition) is 4. The highest BCUT2D eigenvalue weighted by Crippen LogP contribution is 2.27. The molecule has 0 aliphatic heterocycles. The summed E-state index contributed by atoms with van der Waals surface area (Å²) < 4.78 is 12.2. The topological polar surface area (TPSA) is 90.9 Å². The number of methoxy groups -OCH3 is 2. The Balaban J connectivity index is 0.00000364. The van der Waals surface area contributed by atoms with Gasteiger partial charge in [0.25, 0.3) is 0 Å². The van der Waals surface area contributed by atoms with E-state index in [1.54, 1.807) is 37.1 Å². The number of aliphatic imine (C=N–C) groups is 1. The minimum Gasteiger partial charge on any atom is -0.493 e. The molecule has 2 rings (SSSR count). The molecule has 1 aromatic heterocycles. The SMILES string of the molecule is COc1ccc(CN=C(N)NCCCCn2ccccc2=O)cc1OC.I. The van der Waals surface area contributed by atoms with E-state index in [0.717, 1.165) is 18.4 Å². The number of nitrogens with two attached hydrogens (primary N) is 1. The van der Waals surface area contributed by atoms with Crippen molar-refractivity contribution >= 4 is 29.9 Å². The van der Waals surface area contributed by atoms with Crippen molar-refractivity contribution in [2.75, 3.05) is 20.8 Å². The van der Waals surface area contributed by atoms with Crippen molar-refractivity contribution in [1.82, 2.24) is 9.88 Å². The summed E-state index contributed by atoms with van der Waals surface area (Å²) in [6.07, 6.45) is 3.59. The van der Waals surface area contributed by atoms with E-state index in [4.69, 9.17) is 15.2 Å². The van der Waals surface area contributed by atoms with Gasteiger partial charge in [0.1, 0.15) is 0 Å². The van der Waals surface area contributed by atoms with Crippen molar-refractivity contribution < 1.29 is 9.47 Å². The molecule has 0 unspecified atom stereocenters. The van der Waals surface area contributed by atoms with E-state index in [9.17, 15) is 4.79 Å². The second-order valence-electron chi connectivity index (χ2n) is 5.76. The van der Waals surface area contributed by atoms with E-state index in [2.05, 4.69) is 10.3 Å². The Morgan fingerprint density at radius 3 is 2.63 bits per heavy atom. The zero-order chi connectivity index (χ0) is 18.8. The number of unbranched alkanes of at least 4 members (excludes halogenated alkanes) is 1. The predicted octanol–water partition coefficient (Wildman–Crippen LogP) is 2.37. The van der Waals surface area contributed by atoms with Crippen LogP contribution >= 0.6 is 24.0 Å². The van der Waals surface area contributed by atoms with Crippen LogP contribution in [0.25, 0.3) is 0 Å². The number of aromatic nitrogens is 1. The molecule has 0 fully saturated rings. The molecule has 0 saturated carbocycles. The molecule has 1 aromatic carbocycles. The highest BCUT2D eigenvalue weighted by atomic mass is 127. The minimum atomic E-state index is 0. The first kappa shape index (κ1) is 22.8. The van der Waals surface area contributed by atoms with Crippen LogP contribution in [0.5, 0.6) is 11.5 Å². The molecule has 0 spiro atoms. The molecular weight excluding hydrogens is 459 g/mol. The highest BCUT2D eigenvalue weighted by Gasteiger charge is 2.04. The fourth-order valence-electron chi connectivity index (χ4n) is 2.48. The maximum atomic E-state index is 11.6. The van der Waals surface area contributed by atoms with E-state index in [-0.39, 0.29) is 29.5 Å². The lowest BCUT2D eigenvalue weighted by molar-refractivity contribution is 0.354. The second kappa shape index (κ2) is 12.2. The summed E-state index contributed by atoms with van der Waals surface area (Å²) in [4.78, 5) is 15.9. The van der Waals surface area contributed by atoms with Crippen molar-refractivity contribution in [2.45, 2.75) is 25.9 Å². The quantitative estimate of drug-likeness (QED) is 0.246. The van der Waals surface area contributed by atoms with Crippen molar-refractivity contribution in [3.05, 3.63) is 58.5 Å². The van der Waals surface area contributed by atoms with Gasteiger partial charge in [0, 0.05) is 25.4 Å². The average Bonchev–Trinajstić information content (AvgIpc) is 2.67. The molecule has 148 valence electrons. The first-order valence-corrected chi connectivity index (χ1v) is 8.54. The van der Waals surface area contributed by atoms with Crippen LogP contribution in [0.4, 0.5) is 0 Å². The number of nitrogens with one attached hydrogen (secondary N) is 1. The smallest absolute Gasteiger partial charge is 0.250 e. The number of hydrogen-bond donors (Lipinski definition) is 2. The zero-order valence-corrected chi connectivity index (χ0v) is 18.0. The summed E-state index contributed by atoms with van der Waals surface area (Å²) in [6, 6.07) is 10.8. The lowest BCUT2D eigenvalue weighted by Gasteiger charge is -2.09. The third kappa shape index (κ3) is 7.49. The second-order valence-corrected chi connectivity index (χ2v) is 5.76. The third-order valence-electron chi connectivity index (χ3n) is 3.91. The van der Waals surface area contributed by atoms with Crippen molar-refractivity contribution in [2.24, 2.45) is 10.7 Å². The van der Waals surface area contributed by atoms with Crippen LogP contribution in [0.2, 0.25) is 0 Å². The maximum Gasteiger partial charge on any atom is 0.250 e. The van der Waals surface area contributed by atoms with Gasteiger partial charge in [0.2, 0.25) is 5.56 Å². The number of ether oxygens (including phenoxy) is 2. The van der Waals surface area contributed by atoms with Gasteiger partial charge in [0.15, 0.2) is 17.5 Å². The van der Waals surface area contributed by atoms with Gasteiger partial charge in [-0.1, -0.05) is 12.1 Å². The first-order chi connectivity index (χ1) is 12.6. The van der Waals surface area contributed by atoms with Crippen LogP contribution in [0.15, 0.2) is 52.4 Å². The lowest BCUT2D eigenvalue weighted by Crippen LogP contribution is -2.32. The molecule has 0 bridgehead atoms. The Hall–Kier alpha value is -2.23. The summed E-state index contributed by atoms with van der Waals surface area (Å²) >= 11 is 0. The molecule has 0 radical (unpaired) electrons. The average molecular weight is 486 g/mol. The summed E-state index contributed by atoms with van der Waals surface area (Å²) in [6.45, 7) is 1.87. The summed E-state index contributed by atoms with van der Waals surface area (Å²) in [5.41, 5.74) is 6.90. The molecule has 0 amide bonds. The number of pyridine rings is 1. The van der Waals surface area contributed by atoms with Crippen molar-refractivity contribution in [1.29, 1.82) is 0 Å². The Bertz CT molecular complexity index is 793. The number of guanidine groups is 1. The number of nitrogens with zero attached hydrogens (tertiary/aromatic N) is 2. The molecular formula is C19H27IN4O3. The lowest BCUT2D eigenvalue weighted by atomic mass is 10.2. The minimum absolute atomic E-state index is 0. The number of halogens is 1. The monoisotopic (exact) mass is 486 g/mol. The third-order valence-corrected chi connectivity index (χ3v) is 3.91.